The molecule has 1 saturated heterocycles. The maximum Gasteiger partial charge on any atom is 0.407 e. The number of alkyl carbamates (subject to hydrolysis) is 1. The average Bonchev–Trinajstić information content (AvgIpc) is 3.51. The van der Waals surface area contributed by atoms with Gasteiger partial charge in [0.1, 0.15) is 6.61 Å². The number of hydrogen-bond donors (Lipinski definition) is 2. The number of benzene rings is 2. The Morgan fingerprint density at radius 3 is 2.14 bits per heavy atom. The molecule has 2 aromatic rings. The highest BCUT2D eigenvalue weighted by molar-refractivity contribution is 5.82. The maximum absolute atomic E-state index is 12.2. The summed E-state index contributed by atoms with van der Waals surface area (Å²) in [6.07, 6.45) is 1.97. The summed E-state index contributed by atoms with van der Waals surface area (Å²) in [5, 5.41) is 5.23. The molecule has 1 heterocycles. The Balaban J connectivity index is 1.04. The number of likely N-dealkylation sites (tertiary alicyclic amines) is 1. The van der Waals surface area contributed by atoms with Gasteiger partial charge in [-0.2, -0.15) is 0 Å². The molecule has 0 radical (unpaired) electrons. The number of carbonyl (C=O) groups is 2. The van der Waals surface area contributed by atoms with Crippen molar-refractivity contribution in [2.45, 2.75) is 18.8 Å². The summed E-state index contributed by atoms with van der Waals surface area (Å²) in [5.74, 6) is -0.299. The molecule has 0 spiro atoms. The van der Waals surface area contributed by atoms with E-state index in [0.717, 1.165) is 24.3 Å². The first kappa shape index (κ1) is 25.2. The van der Waals surface area contributed by atoms with Crippen molar-refractivity contribution < 1.29 is 23.8 Å². The molecule has 0 atom stereocenters. The molecule has 8 nitrogen and oxygen atoms in total. The van der Waals surface area contributed by atoms with Crippen molar-refractivity contribution in [3.8, 4) is 11.1 Å². The van der Waals surface area contributed by atoms with Crippen molar-refractivity contribution in [3.63, 3.8) is 0 Å². The molecule has 1 aliphatic heterocycles. The molecular formula is C27H35N3O5. The summed E-state index contributed by atoms with van der Waals surface area (Å²) in [4.78, 5) is 26.5. The van der Waals surface area contributed by atoms with E-state index in [0.29, 0.717) is 26.4 Å². The SMILES string of the molecule is O=C(CNC(=O)OCC1c2ccccc2-c2ccccc21)NCCOCCOCCN1CCCC1. The van der Waals surface area contributed by atoms with Crippen molar-refractivity contribution >= 4 is 12.0 Å². The molecule has 2 aromatic carbocycles. The van der Waals surface area contributed by atoms with Crippen LogP contribution < -0.4 is 10.6 Å². The lowest BCUT2D eigenvalue weighted by molar-refractivity contribution is -0.120. The van der Waals surface area contributed by atoms with Crippen molar-refractivity contribution in [3.05, 3.63) is 59.7 Å². The first-order valence-electron chi connectivity index (χ1n) is 12.5. The van der Waals surface area contributed by atoms with E-state index in [4.69, 9.17) is 14.2 Å². The third kappa shape index (κ3) is 7.27. The minimum Gasteiger partial charge on any atom is -0.449 e. The summed E-state index contributed by atoms with van der Waals surface area (Å²) in [6, 6.07) is 16.3. The largest absolute Gasteiger partial charge is 0.449 e. The molecule has 0 unspecified atom stereocenters. The summed E-state index contributed by atoms with van der Waals surface area (Å²) < 4.78 is 16.5. The van der Waals surface area contributed by atoms with Gasteiger partial charge in [0.25, 0.3) is 0 Å². The lowest BCUT2D eigenvalue weighted by Gasteiger charge is -2.14. The smallest absolute Gasteiger partial charge is 0.407 e. The fourth-order valence-electron chi connectivity index (χ4n) is 4.65. The second-order valence-electron chi connectivity index (χ2n) is 8.80. The fourth-order valence-corrected chi connectivity index (χ4v) is 4.65. The van der Waals surface area contributed by atoms with E-state index in [1.165, 1.54) is 37.1 Å². The highest BCUT2D eigenvalue weighted by atomic mass is 16.5. The minimum absolute atomic E-state index is 0.0108. The van der Waals surface area contributed by atoms with E-state index >= 15 is 0 Å². The van der Waals surface area contributed by atoms with E-state index in [9.17, 15) is 9.59 Å². The third-order valence-electron chi connectivity index (χ3n) is 6.43. The molecule has 1 fully saturated rings. The van der Waals surface area contributed by atoms with Gasteiger partial charge in [-0.1, -0.05) is 48.5 Å². The number of amides is 2. The fraction of sp³-hybridized carbons (Fsp3) is 0.481. The zero-order chi connectivity index (χ0) is 24.3. The second kappa shape index (κ2) is 13.2. The van der Waals surface area contributed by atoms with Crippen molar-refractivity contribution in [2.75, 3.05) is 65.8 Å². The molecule has 0 bridgehead atoms. The third-order valence-corrected chi connectivity index (χ3v) is 6.43. The Bertz CT molecular complexity index is 931. The zero-order valence-corrected chi connectivity index (χ0v) is 20.2. The van der Waals surface area contributed by atoms with Gasteiger partial charge in [0.05, 0.1) is 33.0 Å². The summed E-state index contributed by atoms with van der Waals surface area (Å²) in [7, 11) is 0. The topological polar surface area (TPSA) is 89.1 Å². The highest BCUT2D eigenvalue weighted by Gasteiger charge is 2.29. The molecule has 4 rings (SSSR count). The van der Waals surface area contributed by atoms with Gasteiger partial charge in [-0.15, -0.1) is 0 Å². The van der Waals surface area contributed by atoms with E-state index < -0.39 is 6.09 Å². The van der Waals surface area contributed by atoms with Crippen LogP contribution in [-0.4, -0.2) is 82.7 Å². The van der Waals surface area contributed by atoms with Crippen LogP contribution in [0.4, 0.5) is 4.79 Å². The second-order valence-corrected chi connectivity index (χ2v) is 8.80. The number of fused-ring (bicyclic) bond motifs is 3. The van der Waals surface area contributed by atoms with Crippen LogP contribution >= 0.6 is 0 Å². The quantitative estimate of drug-likeness (QED) is 0.428. The van der Waals surface area contributed by atoms with Gasteiger partial charge >= 0.3 is 6.09 Å². The number of nitrogens with zero attached hydrogens (tertiary/aromatic N) is 1. The van der Waals surface area contributed by atoms with Crippen molar-refractivity contribution in [2.24, 2.45) is 0 Å². The Morgan fingerprint density at radius 1 is 0.829 bits per heavy atom. The standard InChI is InChI=1S/C27H35N3O5/c31-26(28-11-15-33-17-18-34-16-14-30-12-5-6-13-30)19-29-27(32)35-20-25-23-9-3-1-7-21(23)22-8-2-4-10-24(22)25/h1-4,7-10,25H,5-6,11-20H2,(H,28,31)(H,29,32). The lowest BCUT2D eigenvalue weighted by Crippen LogP contribution is -2.38. The molecule has 1 aliphatic carbocycles. The molecule has 0 saturated carbocycles. The molecule has 35 heavy (non-hydrogen) atoms. The Morgan fingerprint density at radius 2 is 1.46 bits per heavy atom. The van der Waals surface area contributed by atoms with Crippen LogP contribution in [0.1, 0.15) is 29.9 Å². The lowest BCUT2D eigenvalue weighted by atomic mass is 9.98. The van der Waals surface area contributed by atoms with Crippen molar-refractivity contribution in [1.29, 1.82) is 0 Å². The normalized spacial score (nSPS) is 15.0. The molecule has 2 aliphatic rings. The number of rotatable bonds is 13. The van der Waals surface area contributed by atoms with Crippen molar-refractivity contribution in [1.82, 2.24) is 15.5 Å². The Kier molecular flexibility index (Phi) is 9.51. The minimum atomic E-state index is -0.607. The molecule has 2 amide bonds. The maximum atomic E-state index is 12.2. The van der Waals surface area contributed by atoms with Crippen LogP contribution in [-0.2, 0) is 19.0 Å². The molecule has 2 N–H and O–H groups in total. The van der Waals surface area contributed by atoms with Crippen LogP contribution in [0.5, 0.6) is 0 Å². The van der Waals surface area contributed by atoms with Gasteiger partial charge in [0, 0.05) is 19.0 Å². The van der Waals surface area contributed by atoms with Crippen LogP contribution in [0.3, 0.4) is 0 Å². The monoisotopic (exact) mass is 481 g/mol. The van der Waals surface area contributed by atoms with E-state index in [-0.39, 0.29) is 25.0 Å². The van der Waals surface area contributed by atoms with E-state index in [1.807, 2.05) is 24.3 Å². The predicted octanol–water partition coefficient (Wildman–Crippen LogP) is 2.77. The van der Waals surface area contributed by atoms with Crippen LogP contribution in [0, 0.1) is 0 Å². The molecule has 188 valence electrons. The first-order chi connectivity index (χ1) is 17.2. The number of ether oxygens (including phenoxy) is 3. The predicted molar refractivity (Wildman–Crippen MR) is 133 cm³/mol. The van der Waals surface area contributed by atoms with Crippen LogP contribution in [0.25, 0.3) is 11.1 Å². The molecule has 8 heteroatoms. The highest BCUT2D eigenvalue weighted by Crippen LogP contribution is 2.44. The van der Waals surface area contributed by atoms with E-state index in [1.54, 1.807) is 0 Å². The molecular weight excluding hydrogens is 446 g/mol. The van der Waals surface area contributed by atoms with Gasteiger partial charge in [0.15, 0.2) is 0 Å². The van der Waals surface area contributed by atoms with Crippen LogP contribution in [0.2, 0.25) is 0 Å². The van der Waals surface area contributed by atoms with Gasteiger partial charge in [-0.05, 0) is 48.2 Å². The summed E-state index contributed by atoms with van der Waals surface area (Å²) in [6.45, 7) is 5.94. The zero-order valence-electron chi connectivity index (χ0n) is 20.2. The Hall–Kier alpha value is -2.94. The number of carbonyl (C=O) groups excluding carboxylic acids is 2. The van der Waals surface area contributed by atoms with Gasteiger partial charge in [-0.3, -0.25) is 4.79 Å². The summed E-state index contributed by atoms with van der Waals surface area (Å²) in [5.41, 5.74) is 4.65. The van der Waals surface area contributed by atoms with Gasteiger partial charge < -0.3 is 29.7 Å². The van der Waals surface area contributed by atoms with Gasteiger partial charge in [-0.25, -0.2) is 4.79 Å². The number of nitrogens with one attached hydrogen (secondary N) is 2. The average molecular weight is 482 g/mol. The first-order valence-corrected chi connectivity index (χ1v) is 12.5. The number of hydrogen-bond acceptors (Lipinski definition) is 6. The van der Waals surface area contributed by atoms with E-state index in [2.05, 4.69) is 39.8 Å². The van der Waals surface area contributed by atoms with Gasteiger partial charge in [0.2, 0.25) is 5.91 Å². The molecule has 0 aromatic heterocycles. The summed E-state index contributed by atoms with van der Waals surface area (Å²) >= 11 is 0. The van der Waals surface area contributed by atoms with Crippen LogP contribution in [0.15, 0.2) is 48.5 Å². The Labute approximate surface area is 206 Å².